The standard InChI is InChI=1S/C27H29FN6O2/c1-4-21-7-5-18(2)34(21)23-8-6-19(17-30-23)27-31-25-24(28)20(16-29)15-22(35-3)26(25)33(27)10-9-32-11-13-36-14-12-32/h1,6,8,15,17-18,21H,5,7,9-14H2,2-3H3/t18-,21-/m0/s1. The number of halogens is 1. The zero-order valence-electron chi connectivity index (χ0n) is 20.6. The second-order valence-corrected chi connectivity index (χ2v) is 9.21. The van der Waals surface area contributed by atoms with Crippen molar-refractivity contribution in [2.24, 2.45) is 0 Å². The van der Waals surface area contributed by atoms with Crippen molar-refractivity contribution >= 4 is 16.9 Å². The minimum absolute atomic E-state index is 0.0270. The summed E-state index contributed by atoms with van der Waals surface area (Å²) in [5, 5.41) is 9.43. The second kappa shape index (κ2) is 10.1. The van der Waals surface area contributed by atoms with E-state index >= 15 is 4.39 Å². The Hall–Kier alpha value is -3.66. The lowest BCUT2D eigenvalue weighted by molar-refractivity contribution is 0.0365. The smallest absolute Gasteiger partial charge is 0.169 e. The molecule has 0 radical (unpaired) electrons. The van der Waals surface area contributed by atoms with Gasteiger partial charge < -0.3 is 18.9 Å². The Morgan fingerprint density at radius 2 is 2.06 bits per heavy atom. The van der Waals surface area contributed by atoms with E-state index in [1.54, 1.807) is 6.20 Å². The topological polar surface area (TPSA) is 79.4 Å². The molecule has 0 N–H and O–H groups in total. The molecule has 5 rings (SSSR count). The van der Waals surface area contributed by atoms with E-state index < -0.39 is 5.82 Å². The molecule has 1 aromatic carbocycles. The predicted molar refractivity (Wildman–Crippen MR) is 135 cm³/mol. The highest BCUT2D eigenvalue weighted by atomic mass is 19.1. The van der Waals surface area contributed by atoms with Crippen molar-refractivity contribution in [3.63, 3.8) is 0 Å². The number of terminal acetylenes is 1. The van der Waals surface area contributed by atoms with E-state index in [4.69, 9.17) is 20.9 Å². The molecule has 0 aliphatic carbocycles. The Labute approximate surface area is 210 Å². The van der Waals surface area contributed by atoms with E-state index in [0.717, 1.165) is 43.9 Å². The summed E-state index contributed by atoms with van der Waals surface area (Å²) < 4.78 is 28.3. The number of imidazole rings is 1. The van der Waals surface area contributed by atoms with E-state index in [2.05, 4.69) is 27.6 Å². The van der Waals surface area contributed by atoms with Crippen molar-refractivity contribution in [1.82, 2.24) is 19.4 Å². The first-order valence-electron chi connectivity index (χ1n) is 12.2. The van der Waals surface area contributed by atoms with Gasteiger partial charge >= 0.3 is 0 Å². The van der Waals surface area contributed by atoms with Crippen LogP contribution in [0.2, 0.25) is 0 Å². The van der Waals surface area contributed by atoms with Crippen molar-refractivity contribution in [3.05, 3.63) is 35.8 Å². The molecule has 4 heterocycles. The number of nitrogens with zero attached hydrogens (tertiary/aromatic N) is 6. The number of nitriles is 1. The summed E-state index contributed by atoms with van der Waals surface area (Å²) in [6.07, 6.45) is 9.48. The van der Waals surface area contributed by atoms with Crippen LogP contribution in [-0.2, 0) is 11.3 Å². The van der Waals surface area contributed by atoms with Crippen LogP contribution in [0, 0.1) is 29.5 Å². The molecule has 36 heavy (non-hydrogen) atoms. The van der Waals surface area contributed by atoms with Crippen molar-refractivity contribution in [1.29, 1.82) is 5.26 Å². The second-order valence-electron chi connectivity index (χ2n) is 9.21. The van der Waals surface area contributed by atoms with Crippen molar-refractivity contribution in [2.75, 3.05) is 44.9 Å². The van der Waals surface area contributed by atoms with Crippen LogP contribution in [0.15, 0.2) is 24.4 Å². The Kier molecular flexibility index (Phi) is 6.77. The van der Waals surface area contributed by atoms with Crippen LogP contribution in [0.4, 0.5) is 10.2 Å². The van der Waals surface area contributed by atoms with Gasteiger partial charge in [-0.1, -0.05) is 5.92 Å². The van der Waals surface area contributed by atoms with Gasteiger partial charge in [0, 0.05) is 50.0 Å². The summed E-state index contributed by atoms with van der Waals surface area (Å²) in [7, 11) is 1.52. The summed E-state index contributed by atoms with van der Waals surface area (Å²) in [5.41, 5.74) is 1.30. The van der Waals surface area contributed by atoms with Crippen LogP contribution >= 0.6 is 0 Å². The fraction of sp³-hybridized carbons (Fsp3) is 0.444. The molecule has 186 valence electrons. The molecule has 0 amide bonds. The fourth-order valence-electron chi connectivity index (χ4n) is 5.19. The van der Waals surface area contributed by atoms with Crippen molar-refractivity contribution in [2.45, 2.75) is 38.4 Å². The first kappa shape index (κ1) is 24.1. The van der Waals surface area contributed by atoms with Gasteiger partial charge in [-0.3, -0.25) is 4.90 Å². The molecule has 2 saturated heterocycles. The largest absolute Gasteiger partial charge is 0.494 e. The third-order valence-corrected chi connectivity index (χ3v) is 7.14. The number of pyridine rings is 1. The molecular formula is C27H29FN6O2. The predicted octanol–water partition coefficient (Wildman–Crippen LogP) is 3.44. The highest BCUT2D eigenvalue weighted by molar-refractivity contribution is 5.88. The lowest BCUT2D eigenvalue weighted by Crippen LogP contribution is -2.38. The summed E-state index contributed by atoms with van der Waals surface area (Å²) in [6.45, 7) is 6.53. The maximum absolute atomic E-state index is 15.3. The molecule has 2 fully saturated rings. The van der Waals surface area contributed by atoms with Gasteiger partial charge in [-0.2, -0.15) is 5.26 Å². The minimum Gasteiger partial charge on any atom is -0.494 e. The van der Waals surface area contributed by atoms with Gasteiger partial charge in [0.2, 0.25) is 0 Å². The average Bonchev–Trinajstić information content (AvgIpc) is 3.49. The lowest BCUT2D eigenvalue weighted by Gasteiger charge is -2.27. The number of ether oxygens (including phenoxy) is 2. The maximum Gasteiger partial charge on any atom is 0.169 e. The molecule has 0 unspecified atom stereocenters. The number of aromatic nitrogens is 3. The first-order valence-corrected chi connectivity index (χ1v) is 12.2. The molecule has 0 spiro atoms. The van der Waals surface area contributed by atoms with Crippen LogP contribution in [-0.4, -0.2) is 71.5 Å². The maximum atomic E-state index is 15.3. The molecule has 2 aliphatic rings. The van der Waals surface area contributed by atoms with Gasteiger partial charge in [0.25, 0.3) is 0 Å². The summed E-state index contributed by atoms with van der Waals surface area (Å²) >= 11 is 0. The van der Waals surface area contributed by atoms with Gasteiger partial charge in [0.15, 0.2) is 5.82 Å². The molecule has 0 bridgehead atoms. The lowest BCUT2D eigenvalue weighted by atomic mass is 10.2. The highest BCUT2D eigenvalue weighted by Crippen LogP contribution is 2.35. The third kappa shape index (κ3) is 4.26. The van der Waals surface area contributed by atoms with Crippen LogP contribution in [0.1, 0.15) is 25.3 Å². The third-order valence-electron chi connectivity index (χ3n) is 7.14. The van der Waals surface area contributed by atoms with E-state index in [0.29, 0.717) is 42.9 Å². The van der Waals surface area contributed by atoms with Gasteiger partial charge in [-0.15, -0.1) is 6.42 Å². The highest BCUT2D eigenvalue weighted by Gasteiger charge is 2.30. The quantitative estimate of drug-likeness (QED) is 0.492. The molecule has 0 saturated carbocycles. The Bertz CT molecular complexity index is 1330. The zero-order chi connectivity index (χ0) is 25.2. The van der Waals surface area contributed by atoms with Gasteiger partial charge in [0.1, 0.15) is 34.5 Å². The zero-order valence-corrected chi connectivity index (χ0v) is 20.6. The minimum atomic E-state index is -0.646. The normalized spacial score (nSPS) is 20.4. The van der Waals surface area contributed by atoms with E-state index in [9.17, 15) is 5.26 Å². The molecule has 2 aromatic heterocycles. The Morgan fingerprint density at radius 1 is 1.25 bits per heavy atom. The number of methoxy groups -OCH3 is 1. The number of fused-ring (bicyclic) bond motifs is 1. The number of morpholine rings is 1. The number of hydrogen-bond acceptors (Lipinski definition) is 7. The van der Waals surface area contributed by atoms with Crippen LogP contribution in [0.3, 0.4) is 0 Å². The van der Waals surface area contributed by atoms with E-state index in [1.165, 1.54) is 13.2 Å². The average molecular weight is 489 g/mol. The summed E-state index contributed by atoms with van der Waals surface area (Å²) in [5.74, 6) is 4.03. The van der Waals surface area contributed by atoms with Gasteiger partial charge in [-0.25, -0.2) is 14.4 Å². The number of hydrogen-bond donors (Lipinski definition) is 0. The van der Waals surface area contributed by atoms with Crippen LogP contribution < -0.4 is 9.64 Å². The number of rotatable bonds is 6. The fourth-order valence-corrected chi connectivity index (χ4v) is 5.19. The summed E-state index contributed by atoms with van der Waals surface area (Å²) in [6, 6.07) is 7.57. The molecule has 3 aromatic rings. The first-order chi connectivity index (χ1) is 17.5. The monoisotopic (exact) mass is 488 g/mol. The molecule has 2 atom stereocenters. The Balaban J connectivity index is 1.58. The van der Waals surface area contributed by atoms with Crippen molar-refractivity contribution in [3.8, 4) is 35.6 Å². The van der Waals surface area contributed by atoms with Gasteiger partial charge in [-0.05, 0) is 31.9 Å². The number of anilines is 1. The molecular weight excluding hydrogens is 459 g/mol. The van der Waals surface area contributed by atoms with E-state index in [1.807, 2.05) is 22.8 Å². The van der Waals surface area contributed by atoms with Gasteiger partial charge in [0.05, 0.1) is 31.9 Å². The number of benzene rings is 1. The Morgan fingerprint density at radius 3 is 2.72 bits per heavy atom. The molecule has 9 heteroatoms. The SMILES string of the molecule is C#C[C@H]1CC[C@H](C)N1c1ccc(-c2nc3c(F)c(C#N)cc(OC)c3n2CCN2CCOCC2)cn1. The van der Waals surface area contributed by atoms with Crippen LogP contribution in [0.5, 0.6) is 5.75 Å². The van der Waals surface area contributed by atoms with E-state index in [-0.39, 0.29) is 17.1 Å². The summed E-state index contributed by atoms with van der Waals surface area (Å²) in [4.78, 5) is 13.9. The molecule has 8 nitrogen and oxygen atoms in total. The van der Waals surface area contributed by atoms with Crippen LogP contribution in [0.25, 0.3) is 22.4 Å². The molecule has 2 aliphatic heterocycles. The van der Waals surface area contributed by atoms with Crippen molar-refractivity contribution < 1.29 is 13.9 Å².